The summed E-state index contributed by atoms with van der Waals surface area (Å²) in [5.41, 5.74) is 0. The van der Waals surface area contributed by atoms with Crippen molar-refractivity contribution in [3.05, 3.63) is 134 Å². The van der Waals surface area contributed by atoms with E-state index in [1.165, 1.54) is 64.2 Å². The number of allylic oxidation sites excluding steroid dienone is 22. The summed E-state index contributed by atoms with van der Waals surface area (Å²) in [5.74, 6) is -1.09. The molecule has 0 aromatic carbocycles. The summed E-state index contributed by atoms with van der Waals surface area (Å²) in [5, 5.41) is 0. The Balaban J connectivity index is 4.61. The first-order chi connectivity index (χ1) is 32.5. The summed E-state index contributed by atoms with van der Waals surface area (Å²) >= 11 is 0. The topological polar surface area (TPSA) is 78.9 Å². The molecule has 0 aromatic rings. The van der Waals surface area contributed by atoms with Crippen LogP contribution in [-0.2, 0) is 28.6 Å². The lowest BCUT2D eigenvalue weighted by Gasteiger charge is -2.18. The summed E-state index contributed by atoms with van der Waals surface area (Å²) in [7, 11) is 0. The summed E-state index contributed by atoms with van der Waals surface area (Å²) in [6.45, 7) is 6.25. The molecule has 0 spiro atoms. The van der Waals surface area contributed by atoms with Crippen LogP contribution in [0.5, 0.6) is 0 Å². The third-order valence-corrected chi connectivity index (χ3v) is 10.4. The van der Waals surface area contributed by atoms with E-state index >= 15 is 0 Å². The molecule has 0 rings (SSSR count). The third-order valence-electron chi connectivity index (χ3n) is 10.4. The number of ether oxygens (including phenoxy) is 3. The van der Waals surface area contributed by atoms with Gasteiger partial charge in [-0.05, 0) is 103 Å². The highest BCUT2D eigenvalue weighted by Gasteiger charge is 2.19. The number of rotatable bonds is 45. The molecule has 0 saturated heterocycles. The molecule has 1 unspecified atom stereocenters. The lowest BCUT2D eigenvalue weighted by molar-refractivity contribution is -0.166. The van der Waals surface area contributed by atoms with Crippen LogP contribution >= 0.6 is 0 Å². The SMILES string of the molecule is CC\C=C/C=C\C=C/CCCCCCCCCC(=O)OCC(COC(=O)CCC/C=C\C/C=C\C/C=C\CCCCCCCC)OC(=O)CC/C=C\C/C=C\C/C=C\C/C=C\C/C=C\CC. The van der Waals surface area contributed by atoms with E-state index in [9.17, 15) is 14.4 Å². The molecule has 0 bridgehead atoms. The number of unbranched alkanes of at least 4 members (excludes halogenated alkanes) is 14. The van der Waals surface area contributed by atoms with Gasteiger partial charge >= 0.3 is 17.9 Å². The molecule has 0 aliphatic carbocycles. The van der Waals surface area contributed by atoms with E-state index in [1.54, 1.807) is 0 Å². The normalized spacial score (nSPS) is 13.2. The number of carbonyl (C=O) groups is 3. The van der Waals surface area contributed by atoms with Gasteiger partial charge in [-0.3, -0.25) is 14.4 Å². The van der Waals surface area contributed by atoms with Gasteiger partial charge in [-0.2, -0.15) is 0 Å². The van der Waals surface area contributed by atoms with Crippen LogP contribution in [-0.4, -0.2) is 37.2 Å². The molecule has 6 heteroatoms. The van der Waals surface area contributed by atoms with Crippen molar-refractivity contribution in [1.29, 1.82) is 0 Å². The predicted octanol–water partition coefficient (Wildman–Crippen LogP) is 17.5. The zero-order valence-electron chi connectivity index (χ0n) is 42.1. The summed E-state index contributed by atoms with van der Waals surface area (Å²) in [4.78, 5) is 38.0. The van der Waals surface area contributed by atoms with E-state index in [0.29, 0.717) is 19.3 Å². The van der Waals surface area contributed by atoms with Crippen LogP contribution in [0, 0.1) is 0 Å². The zero-order chi connectivity index (χ0) is 47.9. The lowest BCUT2D eigenvalue weighted by Crippen LogP contribution is -2.30. The minimum atomic E-state index is -0.848. The van der Waals surface area contributed by atoms with Gasteiger partial charge in [0.05, 0.1) is 0 Å². The van der Waals surface area contributed by atoms with Crippen molar-refractivity contribution in [2.45, 2.75) is 213 Å². The highest BCUT2D eigenvalue weighted by Crippen LogP contribution is 2.12. The lowest BCUT2D eigenvalue weighted by atomic mass is 10.1. The van der Waals surface area contributed by atoms with Gasteiger partial charge in [0, 0.05) is 19.3 Å². The van der Waals surface area contributed by atoms with Crippen LogP contribution in [0.2, 0.25) is 0 Å². The number of hydrogen-bond acceptors (Lipinski definition) is 6. The Hall–Kier alpha value is -4.45. The molecule has 370 valence electrons. The number of esters is 3. The van der Waals surface area contributed by atoms with Crippen LogP contribution in [0.15, 0.2) is 134 Å². The highest BCUT2D eigenvalue weighted by atomic mass is 16.6. The quantitative estimate of drug-likeness (QED) is 0.0199. The van der Waals surface area contributed by atoms with Crippen LogP contribution in [0.4, 0.5) is 0 Å². The molecule has 0 aliphatic rings. The second kappa shape index (κ2) is 53.2. The van der Waals surface area contributed by atoms with E-state index < -0.39 is 12.1 Å². The van der Waals surface area contributed by atoms with Crippen LogP contribution in [0.1, 0.15) is 207 Å². The largest absolute Gasteiger partial charge is 0.462 e. The Morgan fingerprint density at radius 3 is 1.21 bits per heavy atom. The number of carbonyl (C=O) groups excluding carboxylic acids is 3. The molecule has 0 heterocycles. The van der Waals surface area contributed by atoms with Gasteiger partial charge < -0.3 is 14.2 Å². The van der Waals surface area contributed by atoms with E-state index in [0.717, 1.165) is 89.9 Å². The molecule has 0 radical (unpaired) electrons. The Morgan fingerprint density at radius 2 is 0.712 bits per heavy atom. The standard InChI is InChI=1S/C60H94O6/c1-4-7-10-13-16-19-22-25-28-30-33-35-38-41-44-47-50-53-59(62)65-56-57(55-64-58(61)52-49-46-43-40-37-34-31-27-24-21-18-15-12-9-6-3)66-60(63)54-51-48-45-42-39-36-32-29-26-23-20-17-14-11-8-5-2/h8-9,11-12,15,17-18,20-21,24-26,28-29,33,35-36,39,41,44-45,48,57H,4-7,10,13-14,16,19,22-23,27,30-32,34,37-38,40,42-43,46-47,49-56H2,1-3H3/b11-8-,12-9-,18-15-,20-17-,24-21-,28-25-,29-26-,35-33-,39-36-,44-41-,48-45-. The molecule has 0 fully saturated rings. The summed E-state index contributed by atoms with van der Waals surface area (Å²) < 4.78 is 16.7. The highest BCUT2D eigenvalue weighted by molar-refractivity contribution is 5.71. The van der Waals surface area contributed by atoms with Crippen molar-refractivity contribution < 1.29 is 28.6 Å². The number of hydrogen-bond donors (Lipinski definition) is 0. The molecule has 66 heavy (non-hydrogen) atoms. The van der Waals surface area contributed by atoms with Gasteiger partial charge in [-0.25, -0.2) is 0 Å². The van der Waals surface area contributed by atoms with Crippen molar-refractivity contribution in [3.8, 4) is 0 Å². The van der Waals surface area contributed by atoms with E-state index in [1.807, 2.05) is 12.2 Å². The fourth-order valence-electron chi connectivity index (χ4n) is 6.56. The molecule has 0 aromatic heterocycles. The summed E-state index contributed by atoms with van der Waals surface area (Å²) in [6, 6.07) is 0. The maximum Gasteiger partial charge on any atom is 0.306 e. The molecule has 1 atom stereocenters. The van der Waals surface area contributed by atoms with E-state index in [-0.39, 0.29) is 38.0 Å². The van der Waals surface area contributed by atoms with Crippen molar-refractivity contribution in [2.24, 2.45) is 0 Å². The average Bonchev–Trinajstić information content (AvgIpc) is 3.31. The maximum atomic E-state index is 12.8. The molecule has 0 N–H and O–H groups in total. The van der Waals surface area contributed by atoms with Gasteiger partial charge in [-0.15, -0.1) is 0 Å². The smallest absolute Gasteiger partial charge is 0.306 e. The Labute approximate surface area is 405 Å². The molecule has 6 nitrogen and oxygen atoms in total. The van der Waals surface area contributed by atoms with Crippen LogP contribution < -0.4 is 0 Å². The van der Waals surface area contributed by atoms with Crippen molar-refractivity contribution in [3.63, 3.8) is 0 Å². The first kappa shape index (κ1) is 61.5. The van der Waals surface area contributed by atoms with Gasteiger partial charge in [0.15, 0.2) is 6.10 Å². The Kier molecular flexibility index (Phi) is 49.6. The maximum absolute atomic E-state index is 12.8. The van der Waals surface area contributed by atoms with E-state index in [4.69, 9.17) is 14.2 Å². The molecular formula is C60H94O6. The Morgan fingerprint density at radius 1 is 0.333 bits per heavy atom. The van der Waals surface area contributed by atoms with Crippen LogP contribution in [0.25, 0.3) is 0 Å². The zero-order valence-corrected chi connectivity index (χ0v) is 42.1. The monoisotopic (exact) mass is 911 g/mol. The summed E-state index contributed by atoms with van der Waals surface area (Å²) in [6.07, 6.45) is 74.5. The fraction of sp³-hybridized carbons (Fsp3) is 0.583. The predicted molar refractivity (Wildman–Crippen MR) is 283 cm³/mol. The Bertz CT molecular complexity index is 1460. The first-order valence-electron chi connectivity index (χ1n) is 26.2. The van der Waals surface area contributed by atoms with Gasteiger partial charge in [-0.1, -0.05) is 219 Å². The average molecular weight is 911 g/mol. The van der Waals surface area contributed by atoms with Crippen molar-refractivity contribution in [1.82, 2.24) is 0 Å². The molecular weight excluding hydrogens is 817 g/mol. The van der Waals surface area contributed by atoms with Gasteiger partial charge in [0.2, 0.25) is 0 Å². The molecule has 0 aliphatic heterocycles. The van der Waals surface area contributed by atoms with Gasteiger partial charge in [0.25, 0.3) is 0 Å². The van der Waals surface area contributed by atoms with Crippen molar-refractivity contribution >= 4 is 17.9 Å². The fourth-order valence-corrected chi connectivity index (χ4v) is 6.56. The van der Waals surface area contributed by atoms with Crippen LogP contribution in [0.3, 0.4) is 0 Å². The first-order valence-corrected chi connectivity index (χ1v) is 26.2. The molecule has 0 amide bonds. The minimum Gasteiger partial charge on any atom is -0.462 e. The second-order valence-electron chi connectivity index (χ2n) is 16.7. The van der Waals surface area contributed by atoms with E-state index in [2.05, 4.69) is 142 Å². The van der Waals surface area contributed by atoms with Crippen molar-refractivity contribution in [2.75, 3.05) is 13.2 Å². The third kappa shape index (κ3) is 50.5. The molecule has 0 saturated carbocycles. The van der Waals surface area contributed by atoms with Gasteiger partial charge in [0.1, 0.15) is 13.2 Å². The minimum absolute atomic E-state index is 0.135. The second-order valence-corrected chi connectivity index (χ2v) is 16.7.